The fourth-order valence-electron chi connectivity index (χ4n) is 5.19. The van der Waals surface area contributed by atoms with Gasteiger partial charge in [-0.1, -0.05) is 35.5 Å². The van der Waals surface area contributed by atoms with Gasteiger partial charge in [0, 0.05) is 25.0 Å². The quantitative estimate of drug-likeness (QED) is 0.706. The molecule has 1 N–H and O–H groups in total. The summed E-state index contributed by atoms with van der Waals surface area (Å²) in [5.74, 6) is 0.985. The SMILES string of the molecule is COc1ccc(CN2C(=O)[C@]3(C[C@@H](c4cn(C)nn4)N[C@@H](C)C3)c3ccccc32)cc1. The van der Waals surface area contributed by atoms with Crippen molar-refractivity contribution < 1.29 is 9.53 Å². The molecule has 7 nitrogen and oxygen atoms in total. The van der Waals surface area contributed by atoms with Crippen LogP contribution in [0.4, 0.5) is 5.69 Å². The zero-order valence-corrected chi connectivity index (χ0v) is 18.1. The lowest BCUT2D eigenvalue weighted by molar-refractivity contribution is -0.125. The molecule has 160 valence electrons. The van der Waals surface area contributed by atoms with Gasteiger partial charge in [-0.05, 0) is 49.1 Å². The number of carbonyl (C=O) groups is 1. The lowest BCUT2D eigenvalue weighted by Gasteiger charge is -2.40. The Bertz CT molecular complexity index is 1110. The van der Waals surface area contributed by atoms with Gasteiger partial charge in [0.15, 0.2) is 0 Å². The maximum Gasteiger partial charge on any atom is 0.238 e. The summed E-state index contributed by atoms with van der Waals surface area (Å²) in [6.45, 7) is 2.69. The van der Waals surface area contributed by atoms with E-state index in [1.807, 2.05) is 54.5 Å². The molecule has 1 aromatic heterocycles. The number of aryl methyl sites for hydroxylation is 1. The van der Waals surface area contributed by atoms with Gasteiger partial charge < -0.3 is 15.0 Å². The third-order valence-corrected chi connectivity index (χ3v) is 6.54. The maximum absolute atomic E-state index is 14.0. The number of hydrogen-bond acceptors (Lipinski definition) is 5. The normalized spacial score (nSPS) is 25.1. The second-order valence-corrected chi connectivity index (χ2v) is 8.68. The molecule has 1 saturated heterocycles. The number of hydrogen-bond donors (Lipinski definition) is 1. The molecule has 7 heteroatoms. The first-order chi connectivity index (χ1) is 15.0. The molecule has 2 aromatic carbocycles. The fraction of sp³-hybridized carbons (Fsp3) is 0.375. The van der Waals surface area contributed by atoms with E-state index in [0.29, 0.717) is 13.0 Å². The summed E-state index contributed by atoms with van der Waals surface area (Å²) in [5, 5.41) is 12.1. The van der Waals surface area contributed by atoms with Crippen LogP contribution in [-0.4, -0.2) is 34.1 Å². The van der Waals surface area contributed by atoms with E-state index in [-0.39, 0.29) is 18.0 Å². The minimum Gasteiger partial charge on any atom is -0.497 e. The number of benzene rings is 2. The molecule has 2 aliphatic heterocycles. The Kier molecular flexibility index (Phi) is 4.78. The number of anilines is 1. The molecule has 0 radical (unpaired) electrons. The largest absolute Gasteiger partial charge is 0.497 e. The summed E-state index contributed by atoms with van der Waals surface area (Å²) >= 11 is 0. The summed E-state index contributed by atoms with van der Waals surface area (Å²) in [6, 6.07) is 16.3. The third-order valence-electron chi connectivity index (χ3n) is 6.54. The van der Waals surface area contributed by atoms with Crippen LogP contribution in [0, 0.1) is 0 Å². The first-order valence-electron chi connectivity index (χ1n) is 10.7. The van der Waals surface area contributed by atoms with Crippen LogP contribution in [-0.2, 0) is 23.8 Å². The van der Waals surface area contributed by atoms with Crippen LogP contribution in [0.3, 0.4) is 0 Å². The van der Waals surface area contributed by atoms with E-state index in [0.717, 1.165) is 34.7 Å². The first-order valence-corrected chi connectivity index (χ1v) is 10.7. The number of nitrogens with zero attached hydrogens (tertiary/aromatic N) is 4. The van der Waals surface area contributed by atoms with Crippen molar-refractivity contribution in [1.82, 2.24) is 20.3 Å². The number of ether oxygens (including phenoxy) is 1. The molecule has 1 fully saturated rings. The van der Waals surface area contributed by atoms with E-state index in [2.05, 4.69) is 34.7 Å². The molecule has 3 atom stereocenters. The van der Waals surface area contributed by atoms with Crippen molar-refractivity contribution in [3.05, 3.63) is 71.5 Å². The summed E-state index contributed by atoms with van der Waals surface area (Å²) in [6.07, 6.45) is 3.37. The average Bonchev–Trinajstić information content (AvgIpc) is 3.30. The Labute approximate surface area is 182 Å². The van der Waals surface area contributed by atoms with E-state index in [9.17, 15) is 4.79 Å². The lowest BCUT2D eigenvalue weighted by Crippen LogP contribution is -2.51. The molecule has 0 aliphatic carbocycles. The van der Waals surface area contributed by atoms with E-state index in [1.165, 1.54) is 0 Å². The number of piperidine rings is 1. The van der Waals surface area contributed by atoms with Crippen LogP contribution in [0.15, 0.2) is 54.7 Å². The van der Waals surface area contributed by atoms with Gasteiger partial charge in [-0.3, -0.25) is 9.48 Å². The Morgan fingerprint density at radius 2 is 1.94 bits per heavy atom. The number of carbonyl (C=O) groups excluding carboxylic acids is 1. The monoisotopic (exact) mass is 417 g/mol. The van der Waals surface area contributed by atoms with Crippen molar-refractivity contribution in [2.75, 3.05) is 12.0 Å². The average molecular weight is 418 g/mol. The highest BCUT2D eigenvalue weighted by atomic mass is 16.5. The van der Waals surface area contributed by atoms with E-state index >= 15 is 0 Å². The number of methoxy groups -OCH3 is 1. The number of para-hydroxylation sites is 1. The van der Waals surface area contributed by atoms with Gasteiger partial charge in [-0.2, -0.15) is 0 Å². The predicted molar refractivity (Wildman–Crippen MR) is 118 cm³/mol. The van der Waals surface area contributed by atoms with Gasteiger partial charge in [0.25, 0.3) is 0 Å². The van der Waals surface area contributed by atoms with Crippen molar-refractivity contribution in [3.63, 3.8) is 0 Å². The van der Waals surface area contributed by atoms with E-state index in [1.54, 1.807) is 11.8 Å². The summed E-state index contributed by atoms with van der Waals surface area (Å²) < 4.78 is 6.99. The maximum atomic E-state index is 14.0. The van der Waals surface area contributed by atoms with Crippen LogP contribution in [0.2, 0.25) is 0 Å². The van der Waals surface area contributed by atoms with Crippen molar-refractivity contribution in [3.8, 4) is 5.75 Å². The Morgan fingerprint density at radius 1 is 1.16 bits per heavy atom. The molecule has 3 heterocycles. The van der Waals surface area contributed by atoms with E-state index in [4.69, 9.17) is 4.74 Å². The molecule has 0 saturated carbocycles. The number of aromatic nitrogens is 3. The van der Waals surface area contributed by atoms with Gasteiger partial charge in [-0.15, -0.1) is 5.10 Å². The molecule has 31 heavy (non-hydrogen) atoms. The number of rotatable bonds is 4. The molecule has 5 rings (SSSR count). The van der Waals surface area contributed by atoms with Gasteiger partial charge in [0.1, 0.15) is 5.75 Å². The second kappa shape index (κ2) is 7.50. The van der Waals surface area contributed by atoms with Gasteiger partial charge in [0.05, 0.1) is 30.8 Å². The van der Waals surface area contributed by atoms with Crippen molar-refractivity contribution in [2.24, 2.45) is 7.05 Å². The first kappa shape index (κ1) is 19.8. The summed E-state index contributed by atoms with van der Waals surface area (Å²) in [7, 11) is 3.52. The van der Waals surface area contributed by atoms with Crippen molar-refractivity contribution in [1.29, 1.82) is 0 Å². The van der Waals surface area contributed by atoms with Crippen LogP contribution >= 0.6 is 0 Å². The molecular weight excluding hydrogens is 390 g/mol. The van der Waals surface area contributed by atoms with Gasteiger partial charge in [-0.25, -0.2) is 0 Å². The lowest BCUT2D eigenvalue weighted by atomic mass is 9.69. The highest BCUT2D eigenvalue weighted by Crippen LogP contribution is 2.51. The smallest absolute Gasteiger partial charge is 0.238 e. The minimum atomic E-state index is -0.560. The van der Waals surface area contributed by atoms with Crippen LogP contribution in [0.1, 0.15) is 42.6 Å². The number of amides is 1. The molecule has 1 amide bonds. The van der Waals surface area contributed by atoms with Gasteiger partial charge in [0.2, 0.25) is 5.91 Å². The summed E-state index contributed by atoms with van der Waals surface area (Å²) in [5.41, 5.74) is 3.53. The molecule has 3 aromatic rings. The summed E-state index contributed by atoms with van der Waals surface area (Å²) in [4.78, 5) is 16.0. The number of nitrogens with one attached hydrogen (secondary N) is 1. The second-order valence-electron chi connectivity index (χ2n) is 8.68. The molecular formula is C24H27N5O2. The van der Waals surface area contributed by atoms with Crippen LogP contribution < -0.4 is 15.0 Å². The predicted octanol–water partition coefficient (Wildman–Crippen LogP) is 3.12. The third kappa shape index (κ3) is 3.29. The minimum absolute atomic E-state index is 0.0182. The molecule has 1 spiro atoms. The fourth-order valence-corrected chi connectivity index (χ4v) is 5.19. The highest BCUT2D eigenvalue weighted by Gasteiger charge is 2.54. The topological polar surface area (TPSA) is 72.3 Å². The Hall–Kier alpha value is -3.19. The van der Waals surface area contributed by atoms with Crippen molar-refractivity contribution >= 4 is 11.6 Å². The van der Waals surface area contributed by atoms with Crippen LogP contribution in [0.5, 0.6) is 5.75 Å². The number of fused-ring (bicyclic) bond motifs is 2. The molecule has 2 aliphatic rings. The Morgan fingerprint density at radius 3 is 2.65 bits per heavy atom. The van der Waals surface area contributed by atoms with Gasteiger partial charge >= 0.3 is 0 Å². The zero-order valence-electron chi connectivity index (χ0n) is 18.1. The zero-order chi connectivity index (χ0) is 21.6. The van der Waals surface area contributed by atoms with Crippen molar-refractivity contribution in [2.45, 2.75) is 43.8 Å². The molecule has 0 unspecified atom stereocenters. The molecule has 0 bridgehead atoms. The standard InChI is InChI=1S/C24H27N5O2/c1-16-12-24(13-20(25-16)21-15-28(2)27-26-21)19-6-4-5-7-22(19)29(23(24)30)14-17-8-10-18(31-3)11-9-17/h4-11,15-16,20,25H,12-14H2,1-3H3/t16-,20-,24+/m0/s1. The highest BCUT2D eigenvalue weighted by molar-refractivity contribution is 6.08. The Balaban J connectivity index is 1.52. The van der Waals surface area contributed by atoms with Crippen LogP contribution in [0.25, 0.3) is 0 Å². The van der Waals surface area contributed by atoms with E-state index < -0.39 is 5.41 Å².